The second kappa shape index (κ2) is 4.66. The van der Waals surface area contributed by atoms with Gasteiger partial charge in [-0.05, 0) is 18.2 Å². The van der Waals surface area contributed by atoms with Gasteiger partial charge in [0.2, 0.25) is 0 Å². The number of fused-ring (bicyclic) bond motifs is 1. The van der Waals surface area contributed by atoms with Crippen molar-refractivity contribution >= 4 is 32.9 Å². The van der Waals surface area contributed by atoms with E-state index in [9.17, 15) is 13.2 Å². The summed E-state index contributed by atoms with van der Waals surface area (Å²) in [5, 5.41) is 3.06. The maximum atomic E-state index is 11.8. The molecule has 0 fully saturated rings. The van der Waals surface area contributed by atoms with Crippen LogP contribution in [0.1, 0.15) is 16.8 Å². The number of ketones is 1. The number of Topliss-reactive ketones (excluding diaryl/α,β-unsaturated/α-hetero) is 1. The van der Waals surface area contributed by atoms with Crippen molar-refractivity contribution in [3.63, 3.8) is 0 Å². The maximum absolute atomic E-state index is 11.8. The van der Waals surface area contributed by atoms with Crippen molar-refractivity contribution < 1.29 is 13.2 Å². The zero-order valence-electron chi connectivity index (χ0n) is 9.07. The summed E-state index contributed by atoms with van der Waals surface area (Å²) < 4.78 is 23.6. The van der Waals surface area contributed by atoms with Crippen molar-refractivity contribution in [1.29, 1.82) is 0 Å². The summed E-state index contributed by atoms with van der Waals surface area (Å²) in [6.45, 7) is 0.597. The van der Waals surface area contributed by atoms with E-state index < -0.39 is 9.84 Å². The molecule has 92 valence electrons. The zero-order valence-corrected chi connectivity index (χ0v) is 10.6. The number of sulfone groups is 1. The van der Waals surface area contributed by atoms with Gasteiger partial charge in [0.25, 0.3) is 0 Å². The molecule has 1 aliphatic rings. The van der Waals surface area contributed by atoms with Crippen LogP contribution in [0, 0.1) is 0 Å². The first kappa shape index (κ1) is 12.4. The summed E-state index contributed by atoms with van der Waals surface area (Å²) in [6, 6.07) is 4.57. The van der Waals surface area contributed by atoms with E-state index >= 15 is 0 Å². The van der Waals surface area contributed by atoms with Crippen LogP contribution < -0.4 is 5.32 Å². The Hall–Kier alpha value is -1.07. The smallest absolute Gasteiger partial charge is 0.179 e. The first-order valence-corrected chi connectivity index (χ1v) is 7.43. The van der Waals surface area contributed by atoms with Gasteiger partial charge in [-0.25, -0.2) is 8.42 Å². The lowest BCUT2D eigenvalue weighted by Gasteiger charge is -2.17. The molecule has 0 saturated carbocycles. The molecule has 0 bridgehead atoms. The van der Waals surface area contributed by atoms with Gasteiger partial charge in [0.05, 0.1) is 10.6 Å². The average molecular weight is 274 g/mol. The molecule has 2 rings (SSSR count). The SMILES string of the molecule is O=C1CCNc2ccc(S(=O)(=O)CCCl)cc21. The number of carbonyl (C=O) groups excluding carboxylic acids is 1. The summed E-state index contributed by atoms with van der Waals surface area (Å²) in [5.41, 5.74) is 1.15. The molecule has 1 aromatic carbocycles. The van der Waals surface area contributed by atoms with Gasteiger partial charge in [-0.1, -0.05) is 0 Å². The normalized spacial score (nSPS) is 15.2. The lowest BCUT2D eigenvalue weighted by atomic mass is 10.0. The quantitative estimate of drug-likeness (QED) is 0.852. The van der Waals surface area contributed by atoms with Gasteiger partial charge in [0.15, 0.2) is 15.6 Å². The molecular formula is C11H12ClNO3S. The molecular weight excluding hydrogens is 262 g/mol. The minimum absolute atomic E-state index is 0.0262. The van der Waals surface area contributed by atoms with Crippen LogP contribution in [0.3, 0.4) is 0 Å². The molecule has 17 heavy (non-hydrogen) atoms. The molecule has 0 saturated heterocycles. The minimum atomic E-state index is -3.38. The Morgan fingerprint density at radius 3 is 2.82 bits per heavy atom. The summed E-state index contributed by atoms with van der Waals surface area (Å²) in [7, 11) is -3.38. The van der Waals surface area contributed by atoms with Gasteiger partial charge in [-0.2, -0.15) is 0 Å². The van der Waals surface area contributed by atoms with E-state index in [0.717, 1.165) is 0 Å². The number of nitrogens with one attached hydrogen (secondary N) is 1. The maximum Gasteiger partial charge on any atom is 0.179 e. The van der Waals surface area contributed by atoms with Gasteiger partial charge in [-0.15, -0.1) is 11.6 Å². The number of hydrogen-bond donors (Lipinski definition) is 1. The molecule has 0 unspecified atom stereocenters. The fourth-order valence-electron chi connectivity index (χ4n) is 1.77. The lowest BCUT2D eigenvalue weighted by Crippen LogP contribution is -2.19. The van der Waals surface area contributed by atoms with Crippen molar-refractivity contribution in [3.05, 3.63) is 23.8 Å². The molecule has 1 N–H and O–H groups in total. The highest BCUT2D eigenvalue weighted by atomic mass is 35.5. The molecule has 6 heteroatoms. The summed E-state index contributed by atoms with van der Waals surface area (Å²) in [4.78, 5) is 11.8. The number of rotatable bonds is 3. The van der Waals surface area contributed by atoms with Crippen molar-refractivity contribution in [2.45, 2.75) is 11.3 Å². The first-order valence-electron chi connectivity index (χ1n) is 5.24. The van der Waals surface area contributed by atoms with Crippen LogP contribution in [0.25, 0.3) is 0 Å². The highest BCUT2D eigenvalue weighted by Crippen LogP contribution is 2.25. The third-order valence-corrected chi connectivity index (χ3v) is 4.79. The van der Waals surface area contributed by atoms with Crippen LogP contribution in [0.15, 0.2) is 23.1 Å². The lowest BCUT2D eigenvalue weighted by molar-refractivity contribution is 0.0983. The predicted molar refractivity (Wildman–Crippen MR) is 66.7 cm³/mol. The number of hydrogen-bond acceptors (Lipinski definition) is 4. The topological polar surface area (TPSA) is 63.2 Å². The third kappa shape index (κ3) is 2.45. The second-order valence-corrected chi connectivity index (χ2v) is 6.30. The molecule has 1 heterocycles. The summed E-state index contributed by atoms with van der Waals surface area (Å²) in [6.07, 6.45) is 0.395. The molecule has 0 spiro atoms. The Kier molecular flexibility index (Phi) is 3.40. The number of halogens is 1. The highest BCUT2D eigenvalue weighted by Gasteiger charge is 2.21. The third-order valence-electron chi connectivity index (χ3n) is 2.66. The van der Waals surface area contributed by atoms with E-state index in [0.29, 0.717) is 24.2 Å². The molecule has 0 aromatic heterocycles. The molecule has 0 atom stereocenters. The molecule has 0 amide bonds. The van der Waals surface area contributed by atoms with Crippen molar-refractivity contribution in [2.75, 3.05) is 23.5 Å². The van der Waals surface area contributed by atoms with Gasteiger partial charge < -0.3 is 5.32 Å². The number of anilines is 1. The van der Waals surface area contributed by atoms with Gasteiger partial charge in [0, 0.05) is 30.1 Å². The average Bonchev–Trinajstić information content (AvgIpc) is 2.29. The monoisotopic (exact) mass is 273 g/mol. The molecule has 0 aliphatic carbocycles. The van der Waals surface area contributed by atoms with Gasteiger partial charge in [-0.3, -0.25) is 4.79 Å². The molecule has 1 aromatic rings. The van der Waals surface area contributed by atoms with Crippen molar-refractivity contribution in [3.8, 4) is 0 Å². The van der Waals surface area contributed by atoms with Crippen molar-refractivity contribution in [2.24, 2.45) is 0 Å². The standard InChI is InChI=1S/C11H12ClNO3S/c12-4-6-17(15,16)8-1-2-10-9(7-8)11(14)3-5-13-10/h1-2,7,13H,3-6H2. The minimum Gasteiger partial charge on any atom is -0.384 e. The van der Waals surface area contributed by atoms with Crippen molar-refractivity contribution in [1.82, 2.24) is 0 Å². The zero-order chi connectivity index (χ0) is 12.5. The number of benzene rings is 1. The first-order chi connectivity index (χ1) is 8.04. The number of carbonyl (C=O) groups is 1. The van der Waals surface area contributed by atoms with Crippen LogP contribution in [0.5, 0.6) is 0 Å². The fraction of sp³-hybridized carbons (Fsp3) is 0.364. The van der Waals surface area contributed by atoms with E-state index in [-0.39, 0.29) is 22.3 Å². The van der Waals surface area contributed by atoms with E-state index in [1.54, 1.807) is 6.07 Å². The fourth-order valence-corrected chi connectivity index (χ4v) is 3.39. The van der Waals surface area contributed by atoms with Gasteiger partial charge in [0.1, 0.15) is 0 Å². The van der Waals surface area contributed by atoms with E-state index in [1.807, 2.05) is 0 Å². The molecule has 4 nitrogen and oxygen atoms in total. The summed E-state index contributed by atoms with van der Waals surface area (Å²) in [5.74, 6) is -0.0951. The Bertz CT molecular complexity index is 554. The van der Waals surface area contributed by atoms with E-state index in [1.165, 1.54) is 12.1 Å². The molecule has 1 aliphatic heterocycles. The Labute approximate surface area is 105 Å². The Morgan fingerprint density at radius 2 is 2.12 bits per heavy atom. The summed E-state index contributed by atoms with van der Waals surface area (Å²) >= 11 is 5.45. The largest absolute Gasteiger partial charge is 0.384 e. The Balaban J connectivity index is 2.46. The second-order valence-electron chi connectivity index (χ2n) is 3.82. The van der Waals surface area contributed by atoms with Crippen LogP contribution in [0.2, 0.25) is 0 Å². The molecule has 0 radical (unpaired) electrons. The Morgan fingerprint density at radius 1 is 1.35 bits per heavy atom. The van der Waals surface area contributed by atoms with Crippen LogP contribution in [0.4, 0.5) is 5.69 Å². The highest BCUT2D eigenvalue weighted by molar-refractivity contribution is 7.91. The van der Waals surface area contributed by atoms with E-state index in [2.05, 4.69) is 5.32 Å². The number of alkyl halides is 1. The van der Waals surface area contributed by atoms with Crippen LogP contribution >= 0.6 is 11.6 Å². The predicted octanol–water partition coefficient (Wildman–Crippen LogP) is 1.70. The van der Waals surface area contributed by atoms with E-state index in [4.69, 9.17) is 11.6 Å². The van der Waals surface area contributed by atoms with Gasteiger partial charge >= 0.3 is 0 Å². The van der Waals surface area contributed by atoms with Crippen LogP contribution in [-0.2, 0) is 9.84 Å². The van der Waals surface area contributed by atoms with Crippen LogP contribution in [-0.4, -0.2) is 32.4 Å².